The first-order valence-electron chi connectivity index (χ1n) is 10.4. The van der Waals surface area contributed by atoms with Crippen LogP contribution in [0, 0.1) is 11.8 Å². The van der Waals surface area contributed by atoms with E-state index < -0.39 is 24.1 Å². The van der Waals surface area contributed by atoms with Gasteiger partial charge in [0.1, 0.15) is 6.10 Å². The highest BCUT2D eigenvalue weighted by atomic mass is 16.5. The zero-order valence-electron chi connectivity index (χ0n) is 17.2. The van der Waals surface area contributed by atoms with E-state index in [1.807, 2.05) is 6.92 Å². The van der Waals surface area contributed by atoms with Crippen molar-refractivity contribution in [3.8, 4) is 0 Å². The minimum absolute atomic E-state index is 0.0664. The lowest BCUT2D eigenvalue weighted by Gasteiger charge is -2.24. The average Bonchev–Trinajstić information content (AvgIpc) is 3.04. The van der Waals surface area contributed by atoms with E-state index in [1.54, 1.807) is 6.08 Å². The zero-order valence-corrected chi connectivity index (χ0v) is 17.2. The van der Waals surface area contributed by atoms with Gasteiger partial charge in [0, 0.05) is 24.8 Å². The number of ether oxygens (including phenoxy) is 3. The quantitative estimate of drug-likeness (QED) is 0.424. The summed E-state index contributed by atoms with van der Waals surface area (Å²) in [5.74, 6) is -1.34. The molecule has 0 spiro atoms. The van der Waals surface area contributed by atoms with Gasteiger partial charge in [-0.1, -0.05) is 12.2 Å². The van der Waals surface area contributed by atoms with Crippen molar-refractivity contribution in [3.05, 3.63) is 24.3 Å². The summed E-state index contributed by atoms with van der Waals surface area (Å²) < 4.78 is 15.6. The fourth-order valence-electron chi connectivity index (χ4n) is 3.90. The van der Waals surface area contributed by atoms with E-state index in [9.17, 15) is 19.5 Å². The summed E-state index contributed by atoms with van der Waals surface area (Å²) in [5, 5.41) is 10.2. The summed E-state index contributed by atoms with van der Waals surface area (Å²) in [6, 6.07) is 0. The molecule has 1 N–H and O–H groups in total. The number of fused-ring (bicyclic) bond motifs is 1. The van der Waals surface area contributed by atoms with Crippen molar-refractivity contribution in [1.82, 2.24) is 0 Å². The van der Waals surface area contributed by atoms with Gasteiger partial charge in [-0.2, -0.15) is 0 Å². The summed E-state index contributed by atoms with van der Waals surface area (Å²) in [6.07, 6.45) is 9.98. The first-order chi connectivity index (χ1) is 13.9. The molecule has 0 amide bonds. The van der Waals surface area contributed by atoms with Crippen molar-refractivity contribution >= 4 is 17.9 Å². The predicted molar refractivity (Wildman–Crippen MR) is 106 cm³/mol. The van der Waals surface area contributed by atoms with Crippen molar-refractivity contribution in [2.24, 2.45) is 11.8 Å². The number of aliphatic hydroxyl groups excluding tert-OH is 1. The molecule has 2 aliphatic rings. The van der Waals surface area contributed by atoms with Crippen molar-refractivity contribution in [2.75, 3.05) is 7.11 Å². The Hall–Kier alpha value is -2.15. The lowest BCUT2D eigenvalue weighted by molar-refractivity contribution is -0.150. The van der Waals surface area contributed by atoms with Gasteiger partial charge in [-0.25, -0.2) is 4.79 Å². The summed E-state index contributed by atoms with van der Waals surface area (Å²) in [6.45, 7) is 1.86. The molecule has 0 aromatic carbocycles. The Bertz CT molecular complexity index is 625. The first kappa shape index (κ1) is 23.1. The van der Waals surface area contributed by atoms with Gasteiger partial charge in [-0.05, 0) is 57.4 Å². The number of hydrogen-bond donors (Lipinski definition) is 1. The van der Waals surface area contributed by atoms with Crippen molar-refractivity contribution in [3.63, 3.8) is 0 Å². The number of cyclic esters (lactones) is 1. The third-order valence-electron chi connectivity index (χ3n) is 5.42. The van der Waals surface area contributed by atoms with Crippen LogP contribution >= 0.6 is 0 Å². The van der Waals surface area contributed by atoms with Crippen LogP contribution in [0.4, 0.5) is 0 Å². The van der Waals surface area contributed by atoms with E-state index in [1.165, 1.54) is 13.2 Å². The summed E-state index contributed by atoms with van der Waals surface area (Å²) >= 11 is 0. The third-order valence-corrected chi connectivity index (χ3v) is 5.42. The maximum atomic E-state index is 12.3. The van der Waals surface area contributed by atoms with Crippen molar-refractivity contribution in [2.45, 2.75) is 76.6 Å². The molecule has 0 saturated heterocycles. The fraction of sp³-hybridized carbons (Fsp3) is 0.682. The summed E-state index contributed by atoms with van der Waals surface area (Å²) in [4.78, 5) is 35.6. The molecule has 1 saturated carbocycles. The molecule has 162 valence electrons. The Balaban J connectivity index is 2.10. The Kier molecular flexibility index (Phi) is 9.38. The van der Waals surface area contributed by atoms with Crippen LogP contribution in [-0.4, -0.2) is 48.4 Å². The number of carbonyl (C=O) groups excluding carboxylic acids is 3. The van der Waals surface area contributed by atoms with E-state index in [0.29, 0.717) is 19.3 Å². The van der Waals surface area contributed by atoms with Crippen LogP contribution in [0.2, 0.25) is 0 Å². The molecule has 0 bridgehead atoms. The number of hydrogen-bond acceptors (Lipinski definition) is 7. The Labute approximate surface area is 172 Å². The van der Waals surface area contributed by atoms with E-state index >= 15 is 0 Å². The van der Waals surface area contributed by atoms with Crippen LogP contribution in [0.3, 0.4) is 0 Å². The highest BCUT2D eigenvalue weighted by molar-refractivity contribution is 5.82. The Morgan fingerprint density at radius 1 is 1.21 bits per heavy atom. The zero-order chi connectivity index (χ0) is 21.2. The van der Waals surface area contributed by atoms with Gasteiger partial charge in [0.15, 0.2) is 0 Å². The average molecular weight is 408 g/mol. The molecule has 0 aromatic rings. The molecule has 7 heteroatoms. The molecule has 2 rings (SSSR count). The molecule has 5 atom stereocenters. The number of carbonyl (C=O) groups is 3. The first-order valence-corrected chi connectivity index (χ1v) is 10.4. The van der Waals surface area contributed by atoms with Gasteiger partial charge < -0.3 is 19.3 Å². The predicted octanol–water partition coefficient (Wildman–Crippen LogP) is 2.86. The molecule has 1 aliphatic heterocycles. The molecule has 1 aliphatic carbocycles. The SMILES string of the molecule is COC(=O)CCCC(=O)O[C@@H]1/C=C/C(=O)O[C@@H](C)CCC/C=C/[C@@H]2C[C@H](O)C[C@H]21. The van der Waals surface area contributed by atoms with E-state index in [4.69, 9.17) is 9.47 Å². The maximum absolute atomic E-state index is 12.3. The fourth-order valence-corrected chi connectivity index (χ4v) is 3.90. The standard InChI is InChI=1S/C22H32O7/c1-15-7-4-3-5-8-16-13-17(23)14-18(16)19(11-12-22(26)28-15)29-21(25)10-6-9-20(24)27-2/h5,8,11-12,15-19,23H,3-4,6-7,9-10,13-14H2,1-2H3/b8-5+,12-11+/t15-,16+,17-,18+,19+/m0/s1. The lowest BCUT2D eigenvalue weighted by Crippen LogP contribution is -2.28. The number of aliphatic hydroxyl groups is 1. The number of methoxy groups -OCH3 is 1. The summed E-state index contributed by atoms with van der Waals surface area (Å²) in [5.41, 5.74) is 0. The monoisotopic (exact) mass is 408 g/mol. The van der Waals surface area contributed by atoms with Crippen LogP contribution in [-0.2, 0) is 28.6 Å². The topological polar surface area (TPSA) is 99.1 Å². The van der Waals surface area contributed by atoms with Crippen molar-refractivity contribution < 1.29 is 33.7 Å². The molecule has 0 unspecified atom stereocenters. The molecule has 7 nitrogen and oxygen atoms in total. The highest BCUT2D eigenvalue weighted by Gasteiger charge is 2.38. The normalized spacial score (nSPS) is 32.5. The summed E-state index contributed by atoms with van der Waals surface area (Å²) in [7, 11) is 1.30. The third kappa shape index (κ3) is 8.01. The minimum atomic E-state index is -0.643. The van der Waals surface area contributed by atoms with Gasteiger partial charge in [-0.15, -0.1) is 0 Å². The molecule has 0 aromatic heterocycles. The largest absolute Gasteiger partial charge is 0.469 e. The van der Waals surface area contributed by atoms with Crippen LogP contribution in [0.15, 0.2) is 24.3 Å². The van der Waals surface area contributed by atoms with Gasteiger partial charge >= 0.3 is 17.9 Å². The molecule has 1 fully saturated rings. The second-order valence-electron chi connectivity index (χ2n) is 7.80. The van der Waals surface area contributed by atoms with Crippen LogP contribution in [0.1, 0.15) is 58.3 Å². The van der Waals surface area contributed by atoms with Gasteiger partial charge in [0.05, 0.1) is 19.3 Å². The van der Waals surface area contributed by atoms with Gasteiger partial charge in [-0.3, -0.25) is 9.59 Å². The molecular formula is C22H32O7. The minimum Gasteiger partial charge on any atom is -0.469 e. The Morgan fingerprint density at radius 2 is 1.97 bits per heavy atom. The molecule has 1 heterocycles. The molecular weight excluding hydrogens is 376 g/mol. The highest BCUT2D eigenvalue weighted by Crippen LogP contribution is 2.37. The maximum Gasteiger partial charge on any atom is 0.330 e. The van der Waals surface area contributed by atoms with Crippen LogP contribution in [0.25, 0.3) is 0 Å². The second-order valence-corrected chi connectivity index (χ2v) is 7.80. The number of rotatable bonds is 5. The Morgan fingerprint density at radius 3 is 2.72 bits per heavy atom. The number of esters is 3. The van der Waals surface area contributed by atoms with E-state index in [-0.39, 0.29) is 36.8 Å². The molecule has 0 radical (unpaired) electrons. The van der Waals surface area contributed by atoms with Gasteiger partial charge in [0.2, 0.25) is 0 Å². The number of allylic oxidation sites excluding steroid dienone is 2. The van der Waals surface area contributed by atoms with Crippen LogP contribution < -0.4 is 0 Å². The molecule has 29 heavy (non-hydrogen) atoms. The van der Waals surface area contributed by atoms with Crippen LogP contribution in [0.5, 0.6) is 0 Å². The van der Waals surface area contributed by atoms with Crippen molar-refractivity contribution in [1.29, 1.82) is 0 Å². The smallest absolute Gasteiger partial charge is 0.330 e. The van der Waals surface area contributed by atoms with Gasteiger partial charge in [0.25, 0.3) is 0 Å². The second kappa shape index (κ2) is 11.8. The van der Waals surface area contributed by atoms with E-state index in [0.717, 1.165) is 19.3 Å². The lowest BCUT2D eigenvalue weighted by atomic mass is 9.89. The van der Waals surface area contributed by atoms with E-state index in [2.05, 4.69) is 16.9 Å².